The highest BCUT2D eigenvalue weighted by atomic mass is 35.5. The summed E-state index contributed by atoms with van der Waals surface area (Å²) in [5, 5.41) is 9.64. The zero-order valence-electron chi connectivity index (χ0n) is 9.66. The van der Waals surface area contributed by atoms with Gasteiger partial charge in [0.1, 0.15) is 0 Å². The molecule has 4 saturated carbocycles. The summed E-state index contributed by atoms with van der Waals surface area (Å²) in [6, 6.07) is 0. The van der Waals surface area contributed by atoms with Crippen molar-refractivity contribution in [1.82, 2.24) is 0 Å². The minimum absolute atomic E-state index is 0.00102. The van der Waals surface area contributed by atoms with Crippen LogP contribution in [0.5, 0.6) is 0 Å². The lowest BCUT2D eigenvalue weighted by Crippen LogP contribution is -2.58. The highest BCUT2D eigenvalue weighted by Gasteiger charge is 2.61. The van der Waals surface area contributed by atoms with E-state index in [1.807, 2.05) is 6.92 Å². The third-order valence-corrected chi connectivity index (χ3v) is 5.58. The number of hydrogen-bond donors (Lipinski definition) is 1. The Hall–Kier alpha value is -0.240. The van der Waals surface area contributed by atoms with Crippen molar-refractivity contribution < 1.29 is 9.90 Å². The summed E-state index contributed by atoms with van der Waals surface area (Å²) in [4.78, 5) is 11.7. The number of alkyl halides is 1. The van der Waals surface area contributed by atoms with Gasteiger partial charge >= 0.3 is 5.97 Å². The van der Waals surface area contributed by atoms with Crippen molar-refractivity contribution in [2.45, 2.75) is 44.4 Å². The van der Waals surface area contributed by atoms with Crippen LogP contribution in [0.1, 0.15) is 39.0 Å². The number of rotatable bonds is 2. The third-order valence-electron chi connectivity index (χ3n) is 5.31. The van der Waals surface area contributed by atoms with Crippen LogP contribution in [0.3, 0.4) is 0 Å². The van der Waals surface area contributed by atoms with Gasteiger partial charge < -0.3 is 5.11 Å². The Kier molecular flexibility index (Phi) is 2.30. The Bertz CT molecular complexity index is 312. The minimum Gasteiger partial charge on any atom is -0.481 e. The molecule has 0 saturated heterocycles. The van der Waals surface area contributed by atoms with Crippen molar-refractivity contribution in [1.29, 1.82) is 0 Å². The summed E-state index contributed by atoms with van der Waals surface area (Å²) in [6.07, 6.45) is 5.50. The Morgan fingerprint density at radius 3 is 2.31 bits per heavy atom. The number of aliphatic carboxylic acids is 1. The van der Waals surface area contributed by atoms with Gasteiger partial charge in [0, 0.05) is 5.38 Å². The second-order valence-electron chi connectivity index (χ2n) is 6.27. The first kappa shape index (κ1) is 10.9. The van der Waals surface area contributed by atoms with Gasteiger partial charge in [-0.3, -0.25) is 4.79 Å². The molecule has 0 aromatic heterocycles. The van der Waals surface area contributed by atoms with Crippen molar-refractivity contribution in [3.05, 3.63) is 0 Å². The van der Waals surface area contributed by atoms with Crippen LogP contribution in [0.25, 0.3) is 0 Å². The first-order valence-electron chi connectivity index (χ1n) is 6.40. The molecule has 0 amide bonds. The second kappa shape index (κ2) is 3.38. The topological polar surface area (TPSA) is 37.3 Å². The molecule has 90 valence electrons. The summed E-state index contributed by atoms with van der Waals surface area (Å²) in [5.41, 5.74) is -0.476. The fourth-order valence-electron chi connectivity index (χ4n) is 5.21. The van der Waals surface area contributed by atoms with Gasteiger partial charge in [-0.2, -0.15) is 0 Å². The van der Waals surface area contributed by atoms with Crippen LogP contribution in [0, 0.1) is 29.1 Å². The largest absolute Gasteiger partial charge is 0.481 e. The standard InChI is InChI=1S/C13H19ClO2/c1-7(14)11-10-3-8-2-9(4-10)6-13(11,5-8)12(15)16/h7-11H,2-6H2,1H3,(H,15,16). The molecule has 0 aliphatic heterocycles. The molecule has 0 radical (unpaired) electrons. The van der Waals surface area contributed by atoms with Crippen LogP contribution in [-0.2, 0) is 4.79 Å². The highest BCUT2D eigenvalue weighted by molar-refractivity contribution is 6.20. The Labute approximate surface area is 101 Å². The summed E-state index contributed by atoms with van der Waals surface area (Å²) in [5.74, 6) is 1.54. The average molecular weight is 243 g/mol. The maximum Gasteiger partial charge on any atom is 0.309 e. The molecule has 0 aromatic carbocycles. The Balaban J connectivity index is 2.01. The molecule has 4 aliphatic rings. The van der Waals surface area contributed by atoms with E-state index < -0.39 is 11.4 Å². The normalized spacial score (nSPS) is 51.6. The third kappa shape index (κ3) is 1.28. The lowest BCUT2D eigenvalue weighted by Gasteiger charge is -2.60. The zero-order valence-corrected chi connectivity index (χ0v) is 10.4. The highest BCUT2D eigenvalue weighted by Crippen LogP contribution is 2.64. The Morgan fingerprint density at radius 1 is 1.31 bits per heavy atom. The first-order valence-corrected chi connectivity index (χ1v) is 6.84. The predicted molar refractivity (Wildman–Crippen MR) is 62.4 cm³/mol. The van der Waals surface area contributed by atoms with Crippen molar-refractivity contribution in [3.63, 3.8) is 0 Å². The van der Waals surface area contributed by atoms with E-state index >= 15 is 0 Å². The molecular weight excluding hydrogens is 224 g/mol. The van der Waals surface area contributed by atoms with E-state index in [4.69, 9.17) is 11.6 Å². The summed E-state index contributed by atoms with van der Waals surface area (Å²) >= 11 is 6.29. The monoisotopic (exact) mass is 242 g/mol. The van der Waals surface area contributed by atoms with E-state index in [0.717, 1.165) is 12.8 Å². The van der Waals surface area contributed by atoms with Crippen LogP contribution >= 0.6 is 11.6 Å². The molecule has 4 rings (SSSR count). The SMILES string of the molecule is CC(Cl)C1C2CC3CC(C2)CC1(C(=O)O)C3. The van der Waals surface area contributed by atoms with Crippen LogP contribution in [0.4, 0.5) is 0 Å². The molecule has 4 atom stereocenters. The Morgan fingerprint density at radius 2 is 1.88 bits per heavy atom. The molecule has 3 heteroatoms. The van der Waals surface area contributed by atoms with E-state index in [2.05, 4.69) is 0 Å². The van der Waals surface area contributed by atoms with Gasteiger partial charge in [-0.15, -0.1) is 11.6 Å². The number of carbonyl (C=O) groups is 1. The van der Waals surface area contributed by atoms with Crippen molar-refractivity contribution in [2.75, 3.05) is 0 Å². The maximum absolute atomic E-state index is 11.7. The molecular formula is C13H19ClO2. The smallest absolute Gasteiger partial charge is 0.309 e. The molecule has 0 heterocycles. The van der Waals surface area contributed by atoms with Gasteiger partial charge in [-0.05, 0) is 62.7 Å². The van der Waals surface area contributed by atoms with E-state index in [1.165, 1.54) is 19.3 Å². The van der Waals surface area contributed by atoms with Crippen LogP contribution in [0.15, 0.2) is 0 Å². The van der Waals surface area contributed by atoms with Gasteiger partial charge in [0.15, 0.2) is 0 Å². The van der Waals surface area contributed by atoms with E-state index in [1.54, 1.807) is 0 Å². The quantitative estimate of drug-likeness (QED) is 0.756. The van der Waals surface area contributed by atoms with Crippen LogP contribution in [0.2, 0.25) is 0 Å². The van der Waals surface area contributed by atoms with Gasteiger partial charge in [0.05, 0.1) is 5.41 Å². The van der Waals surface area contributed by atoms with E-state index in [9.17, 15) is 9.90 Å². The average Bonchev–Trinajstić information content (AvgIpc) is 2.14. The van der Waals surface area contributed by atoms with Gasteiger partial charge in [0.2, 0.25) is 0 Å². The van der Waals surface area contributed by atoms with Gasteiger partial charge in [0.25, 0.3) is 0 Å². The molecule has 2 nitrogen and oxygen atoms in total. The van der Waals surface area contributed by atoms with Gasteiger partial charge in [-0.25, -0.2) is 0 Å². The molecule has 4 aliphatic carbocycles. The summed E-state index contributed by atoms with van der Waals surface area (Å²) in [6.45, 7) is 1.99. The second-order valence-corrected chi connectivity index (χ2v) is 6.96. The summed E-state index contributed by atoms with van der Waals surface area (Å²) < 4.78 is 0. The molecule has 4 unspecified atom stereocenters. The molecule has 0 spiro atoms. The van der Waals surface area contributed by atoms with Crippen LogP contribution in [-0.4, -0.2) is 16.5 Å². The zero-order chi connectivity index (χ0) is 11.5. The number of carboxylic acids is 1. The van der Waals surface area contributed by atoms with Crippen molar-refractivity contribution >= 4 is 17.6 Å². The van der Waals surface area contributed by atoms with E-state index in [-0.39, 0.29) is 11.3 Å². The predicted octanol–water partition coefficient (Wildman–Crippen LogP) is 3.14. The molecule has 4 fully saturated rings. The number of carboxylic acid groups (broad SMARTS) is 1. The van der Waals surface area contributed by atoms with E-state index in [0.29, 0.717) is 17.8 Å². The van der Waals surface area contributed by atoms with Crippen molar-refractivity contribution in [3.8, 4) is 0 Å². The fourth-order valence-corrected chi connectivity index (χ4v) is 5.66. The lowest BCUT2D eigenvalue weighted by atomic mass is 9.44. The maximum atomic E-state index is 11.7. The first-order chi connectivity index (χ1) is 7.53. The molecule has 1 N–H and O–H groups in total. The van der Waals surface area contributed by atoms with Gasteiger partial charge in [-0.1, -0.05) is 0 Å². The minimum atomic E-state index is -0.580. The van der Waals surface area contributed by atoms with Crippen molar-refractivity contribution in [2.24, 2.45) is 29.1 Å². The van der Waals surface area contributed by atoms with Crippen LogP contribution < -0.4 is 0 Å². The number of hydrogen-bond acceptors (Lipinski definition) is 1. The molecule has 4 bridgehead atoms. The fraction of sp³-hybridized carbons (Fsp3) is 0.923. The molecule has 0 aromatic rings. The summed E-state index contributed by atoms with van der Waals surface area (Å²) in [7, 11) is 0. The number of halogens is 1. The lowest BCUT2D eigenvalue weighted by molar-refractivity contribution is -0.177. The molecule has 16 heavy (non-hydrogen) atoms.